The fraction of sp³-hybridized carbons (Fsp3) is 0.750. The maximum Gasteiger partial charge on any atom is 0.244 e. The van der Waals surface area contributed by atoms with Crippen molar-refractivity contribution in [1.29, 1.82) is 5.41 Å². The quantitative estimate of drug-likeness (QED) is 0.402. The molecule has 0 bridgehead atoms. The lowest BCUT2D eigenvalue weighted by Crippen LogP contribution is -2.03. The summed E-state index contributed by atoms with van der Waals surface area (Å²) in [4.78, 5) is 0. The van der Waals surface area contributed by atoms with E-state index in [2.05, 4.69) is 0 Å². The molecule has 0 radical (unpaired) electrons. The van der Waals surface area contributed by atoms with E-state index in [1.807, 2.05) is 36.4 Å². The first-order chi connectivity index (χ1) is 3.13. The topological polar surface area (TPSA) is 33.1 Å². The molecule has 0 unspecified atom stereocenters. The molecule has 3 heteroatoms. The maximum atomic E-state index is 6.79. The summed E-state index contributed by atoms with van der Waals surface area (Å²) in [7, 11) is 0. The fourth-order valence-electron chi connectivity index (χ4n) is 0.207. The molecule has 0 saturated heterocycles. The molecule has 0 rings (SSSR count). The molecule has 0 aliphatic carbocycles. The molecule has 0 amide bonds. The van der Waals surface area contributed by atoms with Gasteiger partial charge in [0.2, 0.25) is 3.90 Å². The molecular weight excluding hydrogens is 205 g/mol. The molecule has 0 spiro atoms. The second kappa shape index (κ2) is 3.23. The van der Waals surface area contributed by atoms with Crippen molar-refractivity contribution in [3.05, 3.63) is 0 Å². The van der Waals surface area contributed by atoms with Crippen LogP contribution in [0.3, 0.4) is 0 Å². The number of halogens is 1. The standard InChI is InChI=1S/C4H8INO/c1-3(2)7-4(5)6/h3,6H,1-2H3. The monoisotopic (exact) mass is 213 g/mol. The van der Waals surface area contributed by atoms with Crippen LogP contribution in [-0.4, -0.2) is 10.0 Å². The second-order valence-corrected chi connectivity index (χ2v) is 2.42. The van der Waals surface area contributed by atoms with Crippen molar-refractivity contribution in [2.45, 2.75) is 20.0 Å². The summed E-state index contributed by atoms with van der Waals surface area (Å²) < 4.78 is 5.08. The zero-order chi connectivity index (χ0) is 5.86. The summed E-state index contributed by atoms with van der Waals surface area (Å²) in [5.41, 5.74) is 0. The summed E-state index contributed by atoms with van der Waals surface area (Å²) in [6, 6.07) is 0. The minimum Gasteiger partial charge on any atom is -0.471 e. The van der Waals surface area contributed by atoms with Gasteiger partial charge in [0.1, 0.15) is 0 Å². The second-order valence-electron chi connectivity index (χ2n) is 1.44. The summed E-state index contributed by atoms with van der Waals surface area (Å²) in [6.45, 7) is 3.79. The molecule has 0 aliphatic heterocycles. The molecule has 0 aliphatic rings. The molecule has 7 heavy (non-hydrogen) atoms. The highest BCUT2D eigenvalue weighted by Crippen LogP contribution is 1.93. The van der Waals surface area contributed by atoms with Crippen LogP contribution < -0.4 is 0 Å². The molecule has 1 N–H and O–H groups in total. The Kier molecular flexibility index (Phi) is 3.33. The predicted molar refractivity (Wildman–Crippen MR) is 38.0 cm³/mol. The summed E-state index contributed by atoms with van der Waals surface area (Å²) in [5.74, 6) is 0. The molecule has 0 aromatic rings. The van der Waals surface area contributed by atoms with E-state index in [-0.39, 0.29) is 10.0 Å². The van der Waals surface area contributed by atoms with Gasteiger partial charge in [0.05, 0.1) is 6.10 Å². The Bertz CT molecular complexity index is 72.1. The van der Waals surface area contributed by atoms with Crippen LogP contribution in [0.2, 0.25) is 0 Å². The minimum absolute atomic E-state index is 0.143. The smallest absolute Gasteiger partial charge is 0.244 e. The van der Waals surface area contributed by atoms with Crippen molar-refractivity contribution in [3.63, 3.8) is 0 Å². The van der Waals surface area contributed by atoms with E-state index in [1.54, 1.807) is 0 Å². The highest BCUT2D eigenvalue weighted by Gasteiger charge is 1.91. The zero-order valence-corrected chi connectivity index (χ0v) is 6.52. The van der Waals surface area contributed by atoms with E-state index in [0.29, 0.717) is 0 Å². The van der Waals surface area contributed by atoms with Crippen LogP contribution in [0.5, 0.6) is 0 Å². The number of hydrogen-bond donors (Lipinski definition) is 1. The van der Waals surface area contributed by atoms with E-state index in [9.17, 15) is 0 Å². The summed E-state index contributed by atoms with van der Waals surface area (Å²) in [6.07, 6.45) is 0.143. The van der Waals surface area contributed by atoms with Gasteiger partial charge < -0.3 is 4.74 Å². The van der Waals surface area contributed by atoms with E-state index >= 15 is 0 Å². The Balaban J connectivity index is 3.13. The fourth-order valence-corrected chi connectivity index (χ4v) is 0.715. The molecule has 2 nitrogen and oxygen atoms in total. The van der Waals surface area contributed by atoms with Gasteiger partial charge in [0.25, 0.3) is 0 Å². The molecule has 0 aromatic heterocycles. The van der Waals surface area contributed by atoms with Crippen molar-refractivity contribution >= 4 is 26.5 Å². The highest BCUT2D eigenvalue weighted by atomic mass is 127. The summed E-state index contributed by atoms with van der Waals surface area (Å²) in [5, 5.41) is 6.79. The van der Waals surface area contributed by atoms with E-state index < -0.39 is 0 Å². The number of hydrogen-bond acceptors (Lipinski definition) is 2. The Morgan fingerprint density at radius 3 is 2.14 bits per heavy atom. The number of ether oxygens (including phenoxy) is 1. The van der Waals surface area contributed by atoms with Gasteiger partial charge in [-0.3, -0.25) is 5.41 Å². The van der Waals surface area contributed by atoms with Gasteiger partial charge in [-0.15, -0.1) is 0 Å². The summed E-state index contributed by atoms with van der Waals surface area (Å²) >= 11 is 1.82. The Morgan fingerprint density at radius 2 is 2.14 bits per heavy atom. The van der Waals surface area contributed by atoms with Crippen LogP contribution in [0.15, 0.2) is 0 Å². The van der Waals surface area contributed by atoms with E-state index in [0.717, 1.165) is 0 Å². The molecule has 0 fully saturated rings. The van der Waals surface area contributed by atoms with Gasteiger partial charge in [-0.25, -0.2) is 0 Å². The average Bonchev–Trinajstić information content (AvgIpc) is 1.27. The third kappa shape index (κ3) is 6.20. The first-order valence-corrected chi connectivity index (χ1v) is 3.11. The molecular formula is C4H8INO. The van der Waals surface area contributed by atoms with Crippen LogP contribution in [0, 0.1) is 5.41 Å². The lowest BCUT2D eigenvalue weighted by atomic mass is 10.5. The van der Waals surface area contributed by atoms with Crippen molar-refractivity contribution in [2.75, 3.05) is 0 Å². The number of rotatable bonds is 1. The van der Waals surface area contributed by atoms with Gasteiger partial charge in [-0.05, 0) is 13.8 Å². The first kappa shape index (κ1) is 7.20. The lowest BCUT2D eigenvalue weighted by Gasteiger charge is -2.03. The third-order valence-corrected chi connectivity index (χ3v) is 0.593. The number of nitrogens with one attached hydrogen (secondary N) is 1. The lowest BCUT2D eigenvalue weighted by molar-refractivity contribution is 0.237. The first-order valence-electron chi connectivity index (χ1n) is 2.03. The molecule has 0 aromatic carbocycles. The molecule has 0 heterocycles. The highest BCUT2D eigenvalue weighted by molar-refractivity contribution is 14.1. The minimum atomic E-state index is 0.143. The predicted octanol–water partition coefficient (Wildman–Crippen LogP) is 1.78. The zero-order valence-electron chi connectivity index (χ0n) is 4.36. The van der Waals surface area contributed by atoms with Gasteiger partial charge >= 0.3 is 0 Å². The van der Waals surface area contributed by atoms with Gasteiger partial charge in [0, 0.05) is 22.6 Å². The average molecular weight is 213 g/mol. The van der Waals surface area contributed by atoms with Crippen LogP contribution in [0.1, 0.15) is 13.8 Å². The van der Waals surface area contributed by atoms with Crippen LogP contribution >= 0.6 is 22.6 Å². The van der Waals surface area contributed by atoms with Crippen LogP contribution in [0.25, 0.3) is 0 Å². The normalized spacial score (nSPS) is 9.14. The van der Waals surface area contributed by atoms with Gasteiger partial charge in [-0.2, -0.15) is 0 Å². The molecule has 0 atom stereocenters. The van der Waals surface area contributed by atoms with Crippen molar-refractivity contribution in [2.24, 2.45) is 0 Å². The Labute approximate surface area is 56.9 Å². The van der Waals surface area contributed by atoms with Crippen molar-refractivity contribution in [3.8, 4) is 0 Å². The largest absolute Gasteiger partial charge is 0.471 e. The van der Waals surface area contributed by atoms with Crippen molar-refractivity contribution < 1.29 is 4.74 Å². The van der Waals surface area contributed by atoms with Crippen LogP contribution in [0.4, 0.5) is 0 Å². The van der Waals surface area contributed by atoms with Gasteiger partial charge in [0.15, 0.2) is 0 Å². The SMILES string of the molecule is CC(C)OC(=N)I. The van der Waals surface area contributed by atoms with Crippen LogP contribution in [-0.2, 0) is 4.74 Å². The molecule has 0 saturated carbocycles. The van der Waals surface area contributed by atoms with Gasteiger partial charge in [-0.1, -0.05) is 0 Å². The van der Waals surface area contributed by atoms with E-state index in [1.165, 1.54) is 0 Å². The Hall–Kier alpha value is 0.200. The van der Waals surface area contributed by atoms with Crippen molar-refractivity contribution in [1.82, 2.24) is 0 Å². The molecule has 42 valence electrons. The maximum absolute atomic E-state index is 6.79. The third-order valence-electron chi connectivity index (χ3n) is 0.339. The van der Waals surface area contributed by atoms with E-state index in [4.69, 9.17) is 10.1 Å². The Morgan fingerprint density at radius 1 is 1.71 bits per heavy atom.